The molecule has 0 fully saturated rings. The van der Waals surface area contributed by atoms with Gasteiger partial charge in [-0.25, -0.2) is 0 Å². The first-order valence-electron chi connectivity index (χ1n) is 7.96. The first-order valence-corrected chi connectivity index (χ1v) is 7.96. The minimum Gasteiger partial charge on any atom is -0.361 e. The van der Waals surface area contributed by atoms with Gasteiger partial charge in [-0.3, -0.25) is 9.59 Å². The lowest BCUT2D eigenvalue weighted by Gasteiger charge is -2.02. The van der Waals surface area contributed by atoms with Crippen LogP contribution in [0, 0.1) is 0 Å². The third-order valence-corrected chi connectivity index (χ3v) is 3.09. The average Bonchev–Trinajstić information content (AvgIpc) is 2.71. The van der Waals surface area contributed by atoms with Crippen molar-refractivity contribution in [3.63, 3.8) is 0 Å². The molecule has 0 bridgehead atoms. The number of rotatable bonds is 7. The summed E-state index contributed by atoms with van der Waals surface area (Å²) in [7, 11) is 0. The van der Waals surface area contributed by atoms with Crippen LogP contribution in [0.3, 0.4) is 0 Å². The summed E-state index contributed by atoms with van der Waals surface area (Å²) >= 11 is 0. The molecule has 0 spiro atoms. The van der Waals surface area contributed by atoms with Gasteiger partial charge in [0.25, 0.3) is 0 Å². The topological polar surface area (TPSA) is 143 Å². The smallest absolute Gasteiger partial charge is 0.344 e. The molecular formula is C18H19N7O2. The number of amides is 2. The maximum Gasteiger partial charge on any atom is 0.344 e. The second-order valence-electron chi connectivity index (χ2n) is 5.10. The highest BCUT2D eigenvalue weighted by atomic mass is 16.2. The van der Waals surface area contributed by atoms with Crippen LogP contribution in [0.4, 0.5) is 0 Å². The van der Waals surface area contributed by atoms with Gasteiger partial charge in [0.05, 0.1) is 0 Å². The molecule has 0 saturated carbocycles. The summed E-state index contributed by atoms with van der Waals surface area (Å²) in [6.45, 7) is 0.746. The van der Waals surface area contributed by atoms with E-state index in [9.17, 15) is 9.59 Å². The molecule has 2 rings (SSSR count). The second-order valence-corrected chi connectivity index (χ2v) is 5.10. The van der Waals surface area contributed by atoms with Crippen LogP contribution >= 0.6 is 0 Å². The number of nitrogens with one attached hydrogen (secondary N) is 2. The van der Waals surface area contributed by atoms with Crippen molar-refractivity contribution in [1.82, 2.24) is 10.6 Å². The number of hydrogen-bond donors (Lipinski definition) is 2. The molecule has 0 aliphatic carbocycles. The molecule has 2 aromatic carbocycles. The Labute approximate surface area is 156 Å². The molecule has 9 nitrogen and oxygen atoms in total. The summed E-state index contributed by atoms with van der Waals surface area (Å²) in [4.78, 5) is 26.9. The van der Waals surface area contributed by atoms with Crippen molar-refractivity contribution < 1.29 is 14.4 Å². The Balaban J connectivity index is 0.000000271. The highest BCUT2D eigenvalue weighted by Crippen LogP contribution is 1.97. The van der Waals surface area contributed by atoms with Gasteiger partial charge in [0.15, 0.2) is 0 Å². The van der Waals surface area contributed by atoms with Crippen molar-refractivity contribution >= 4 is 18.0 Å². The Morgan fingerprint density at radius 1 is 0.889 bits per heavy atom. The van der Waals surface area contributed by atoms with Crippen molar-refractivity contribution in [2.75, 3.05) is 6.54 Å². The van der Waals surface area contributed by atoms with Crippen LogP contribution in [0.25, 0.3) is 16.0 Å². The zero-order valence-electron chi connectivity index (χ0n) is 14.5. The second kappa shape index (κ2) is 13.4. The molecule has 0 heterocycles. The predicted octanol–water partition coefficient (Wildman–Crippen LogP) is 2.22. The molecule has 27 heavy (non-hydrogen) atoms. The number of carbonyl (C=O) groups excluding carboxylic acids is 2. The van der Waals surface area contributed by atoms with Crippen LogP contribution in [-0.4, -0.2) is 29.4 Å². The van der Waals surface area contributed by atoms with E-state index in [2.05, 4.69) is 25.4 Å². The predicted molar refractivity (Wildman–Crippen MR) is 100 cm³/mol. The lowest BCUT2D eigenvalue weighted by molar-refractivity contribution is -0.120. The van der Waals surface area contributed by atoms with Crippen LogP contribution in [0.15, 0.2) is 65.8 Å². The van der Waals surface area contributed by atoms with E-state index in [0.29, 0.717) is 13.1 Å². The quantitative estimate of drug-likeness (QED) is 0.336. The van der Waals surface area contributed by atoms with Crippen molar-refractivity contribution in [3.05, 3.63) is 87.8 Å². The largest absolute Gasteiger partial charge is 0.361 e. The highest BCUT2D eigenvalue weighted by molar-refractivity contribution is 6.23. The van der Waals surface area contributed by atoms with Crippen LogP contribution in [-0.2, 0) is 22.7 Å². The fourth-order valence-electron chi connectivity index (χ4n) is 1.83. The Morgan fingerprint density at radius 2 is 1.41 bits per heavy atom. The lowest BCUT2D eigenvalue weighted by atomic mass is 10.2. The molecule has 0 radical (unpaired) electrons. The van der Waals surface area contributed by atoms with Crippen molar-refractivity contribution in [1.29, 1.82) is 0 Å². The van der Waals surface area contributed by atoms with Gasteiger partial charge >= 0.3 is 12.1 Å². The van der Waals surface area contributed by atoms with E-state index in [1.54, 1.807) is 0 Å². The molecule has 0 aliphatic heterocycles. The molecule has 9 heteroatoms. The van der Waals surface area contributed by atoms with Crippen LogP contribution in [0.2, 0.25) is 0 Å². The van der Waals surface area contributed by atoms with Gasteiger partial charge in [-0.2, -0.15) is 4.79 Å². The first-order chi connectivity index (χ1) is 13.2. The van der Waals surface area contributed by atoms with Gasteiger partial charge in [0.2, 0.25) is 5.91 Å². The molecule has 0 aromatic heterocycles. The lowest BCUT2D eigenvalue weighted by Crippen LogP contribution is -2.24. The minimum atomic E-state index is -0.411. The van der Waals surface area contributed by atoms with Gasteiger partial charge in [-0.15, -0.1) is 0 Å². The van der Waals surface area contributed by atoms with Crippen LogP contribution in [0.1, 0.15) is 11.1 Å². The van der Waals surface area contributed by atoms with E-state index in [4.69, 9.17) is 11.1 Å². The van der Waals surface area contributed by atoms with Crippen molar-refractivity contribution in [2.24, 2.45) is 5.11 Å². The number of carbonyl (C=O) groups is 2. The van der Waals surface area contributed by atoms with E-state index < -0.39 is 5.91 Å². The summed E-state index contributed by atoms with van der Waals surface area (Å²) in [5.41, 5.74) is 18.0. The van der Waals surface area contributed by atoms with E-state index in [1.807, 2.05) is 60.7 Å². The van der Waals surface area contributed by atoms with E-state index in [0.717, 1.165) is 17.3 Å². The van der Waals surface area contributed by atoms with Gasteiger partial charge in [0.1, 0.15) is 6.54 Å². The first kappa shape index (κ1) is 21.1. The zero-order chi connectivity index (χ0) is 19.7. The van der Waals surface area contributed by atoms with E-state index in [-0.39, 0.29) is 12.5 Å². The number of nitrogens with zero attached hydrogens (tertiary/aromatic N) is 5. The number of hydrogen-bond acceptors (Lipinski definition) is 3. The average molecular weight is 365 g/mol. The molecule has 2 N–H and O–H groups in total. The molecule has 2 amide bonds. The third-order valence-electron chi connectivity index (χ3n) is 3.09. The van der Waals surface area contributed by atoms with Gasteiger partial charge in [-0.05, 0) is 16.7 Å². The molecule has 2 aromatic rings. The fourth-order valence-corrected chi connectivity index (χ4v) is 1.83. The molecule has 0 unspecified atom stereocenters. The van der Waals surface area contributed by atoms with Crippen molar-refractivity contribution in [3.8, 4) is 0 Å². The molecule has 138 valence electrons. The van der Waals surface area contributed by atoms with Crippen LogP contribution in [0.5, 0.6) is 0 Å². The Bertz CT molecular complexity index is 812. The highest BCUT2D eigenvalue weighted by Gasteiger charge is 1.99. The fraction of sp³-hybridized carbons (Fsp3) is 0.167. The molecule has 0 atom stereocenters. The summed E-state index contributed by atoms with van der Waals surface area (Å²) < 4.78 is 0. The maximum atomic E-state index is 11.0. The maximum absolute atomic E-state index is 11.0. The third kappa shape index (κ3) is 10.5. The van der Waals surface area contributed by atoms with E-state index >= 15 is 0 Å². The van der Waals surface area contributed by atoms with Gasteiger partial charge < -0.3 is 16.2 Å². The summed E-state index contributed by atoms with van der Waals surface area (Å²) in [5, 5.41) is 8.33. The number of azide groups is 1. The standard InChI is InChI=1S/C9H10N4O.C9H9N3O/c10-13-12-7-9(14)11-6-8-4-2-1-3-5-8;10-12-7-9(13)11-6-8-4-2-1-3-5-8/h1-5H,6-7H2,(H,11,14);1-5,7H,6H2,(H,11,13). The van der Waals surface area contributed by atoms with Crippen LogP contribution < -0.4 is 10.6 Å². The van der Waals surface area contributed by atoms with Gasteiger partial charge in [-0.1, -0.05) is 65.8 Å². The van der Waals surface area contributed by atoms with Crippen molar-refractivity contribution in [2.45, 2.75) is 13.1 Å². The summed E-state index contributed by atoms with van der Waals surface area (Å²) in [5.74, 6) is -0.682. The summed E-state index contributed by atoms with van der Waals surface area (Å²) in [6, 6.07) is 19.0. The van der Waals surface area contributed by atoms with E-state index in [1.165, 1.54) is 0 Å². The SMILES string of the molecule is [N-]=[N+]=CC(=O)NCc1ccccc1.[N-]=[N+]=NCC(=O)NCc1ccccc1. The minimum absolute atomic E-state index is 0.149. The monoisotopic (exact) mass is 365 g/mol. The normalized spacial score (nSPS) is 8.74. The Morgan fingerprint density at radius 3 is 1.89 bits per heavy atom. The summed E-state index contributed by atoms with van der Waals surface area (Å²) in [6.07, 6.45) is 0.822. The molecular weight excluding hydrogens is 346 g/mol. The molecule has 0 saturated heterocycles. The zero-order valence-corrected chi connectivity index (χ0v) is 14.5. The Hall–Kier alpha value is -3.93. The molecule has 0 aliphatic rings. The number of benzene rings is 2. The van der Waals surface area contributed by atoms with Gasteiger partial charge in [0, 0.05) is 18.0 Å². The Kier molecular flexibility index (Phi) is 10.5.